The van der Waals surface area contributed by atoms with Crippen LogP contribution < -0.4 is 9.05 Å². The zero-order valence-electron chi connectivity index (χ0n) is 31.2. The standard InChI is InChI=1S/C48H36O6P2/c1-29-13-9-21-39-45(29)46-30(2)14-10-22-40(46)50-55(49-39)53-43-27-35-19-7-5-17-33(35)25-37(43)38-26-34-18-6-8-20-36(34)28-44(38)54-56-51-41-23-11-15-31(3)47(41)48-32(4)16-12-24-42(48)52-56/h5-28H,1-4H3. The molecule has 0 N–H and O–H groups in total. The fourth-order valence-corrected chi connectivity index (χ4v) is 9.85. The SMILES string of the molecule is Cc1cccc2op(Oc3cc4ccccc4cc3-c3cc4ccccc4cc3Op3oc4cccc(C)c4c4c(C)cccc4o3)oc3cccc(C)c3c12. The fraction of sp³-hybridized carbons (Fsp3) is 0.0833. The predicted octanol–water partition coefficient (Wildman–Crippen LogP) is 15.8. The van der Waals surface area contributed by atoms with Crippen molar-refractivity contribution in [3.63, 3.8) is 0 Å². The van der Waals surface area contributed by atoms with E-state index in [2.05, 4.69) is 100 Å². The Hall–Kier alpha value is -6.32. The average molecular weight is 771 g/mol. The van der Waals surface area contributed by atoms with Crippen molar-refractivity contribution in [3.8, 4) is 22.6 Å². The van der Waals surface area contributed by atoms with Crippen LogP contribution >= 0.6 is 16.5 Å². The van der Waals surface area contributed by atoms with E-state index in [1.807, 2.05) is 72.8 Å². The van der Waals surface area contributed by atoms with E-state index >= 15 is 0 Å². The van der Waals surface area contributed by atoms with E-state index in [4.69, 9.17) is 25.8 Å². The van der Waals surface area contributed by atoms with Crippen molar-refractivity contribution >= 4 is 81.9 Å². The molecule has 0 radical (unpaired) electrons. The van der Waals surface area contributed by atoms with Crippen LogP contribution in [0.2, 0.25) is 0 Å². The van der Waals surface area contributed by atoms with Gasteiger partial charge >= 0.3 is 16.5 Å². The highest BCUT2D eigenvalue weighted by molar-refractivity contribution is 7.32. The van der Waals surface area contributed by atoms with Crippen LogP contribution in [-0.2, 0) is 0 Å². The van der Waals surface area contributed by atoms with Crippen LogP contribution in [0.4, 0.5) is 0 Å². The molecule has 0 atom stereocenters. The molecule has 0 aliphatic rings. The highest BCUT2D eigenvalue weighted by Gasteiger charge is 2.21. The maximum Gasteiger partial charge on any atom is 0.453 e. The Kier molecular flexibility index (Phi) is 8.40. The molecule has 8 aromatic carbocycles. The second kappa shape index (κ2) is 13.8. The molecular weight excluding hydrogens is 734 g/mol. The Balaban J connectivity index is 1.21. The van der Waals surface area contributed by atoms with Gasteiger partial charge in [-0.05, 0) is 120 Å². The molecule has 0 aliphatic heterocycles. The first-order valence-corrected chi connectivity index (χ1v) is 20.7. The number of aryl methyl sites for hydroxylation is 4. The van der Waals surface area contributed by atoms with Crippen LogP contribution in [0.5, 0.6) is 11.5 Å². The topological polar surface area (TPSA) is 71.0 Å². The number of fused-ring (bicyclic) bond motifs is 8. The Bertz CT molecular complexity index is 2920. The van der Waals surface area contributed by atoms with Crippen molar-refractivity contribution in [2.45, 2.75) is 27.7 Å². The Morgan fingerprint density at radius 2 is 0.625 bits per heavy atom. The van der Waals surface area contributed by atoms with Crippen LogP contribution in [0.15, 0.2) is 162 Å². The summed E-state index contributed by atoms with van der Waals surface area (Å²) in [4.78, 5) is 0. The van der Waals surface area contributed by atoms with E-state index < -0.39 is 16.5 Å². The van der Waals surface area contributed by atoms with Gasteiger partial charge in [-0.15, -0.1) is 0 Å². The largest absolute Gasteiger partial charge is 0.453 e. The molecule has 0 saturated heterocycles. The molecule has 0 saturated carbocycles. The summed E-state index contributed by atoms with van der Waals surface area (Å²) in [5, 5.41) is 8.18. The lowest BCUT2D eigenvalue weighted by Gasteiger charge is -2.15. The van der Waals surface area contributed by atoms with E-state index in [1.54, 1.807) is 0 Å². The van der Waals surface area contributed by atoms with Gasteiger partial charge in [-0.25, -0.2) is 0 Å². The molecule has 2 aromatic heterocycles. The van der Waals surface area contributed by atoms with Gasteiger partial charge < -0.3 is 25.8 Å². The number of hydrogen-bond acceptors (Lipinski definition) is 6. The van der Waals surface area contributed by atoms with E-state index in [9.17, 15) is 0 Å². The van der Waals surface area contributed by atoms with Gasteiger partial charge in [0.1, 0.15) is 33.8 Å². The number of benzene rings is 8. The van der Waals surface area contributed by atoms with Crippen molar-refractivity contribution in [2.75, 3.05) is 0 Å². The lowest BCUT2D eigenvalue weighted by atomic mass is 9.97. The molecule has 0 amide bonds. The molecule has 0 fully saturated rings. The van der Waals surface area contributed by atoms with Gasteiger partial charge in [-0.2, -0.15) is 0 Å². The summed E-state index contributed by atoms with van der Waals surface area (Å²) in [6, 6.07) is 49.2. The minimum atomic E-state index is -1.95. The molecule has 8 heteroatoms. The van der Waals surface area contributed by atoms with Gasteiger partial charge in [0.2, 0.25) is 0 Å². The van der Waals surface area contributed by atoms with Gasteiger partial charge in [0.15, 0.2) is 0 Å². The third kappa shape index (κ3) is 5.99. The van der Waals surface area contributed by atoms with Crippen LogP contribution in [0, 0.1) is 27.7 Å². The van der Waals surface area contributed by atoms with Crippen molar-refractivity contribution in [3.05, 3.63) is 168 Å². The Morgan fingerprint density at radius 3 is 0.929 bits per heavy atom. The van der Waals surface area contributed by atoms with Gasteiger partial charge in [-0.1, -0.05) is 97.1 Å². The molecule has 56 heavy (non-hydrogen) atoms. The normalized spacial score (nSPS) is 11.6. The van der Waals surface area contributed by atoms with Crippen LogP contribution in [-0.4, -0.2) is 0 Å². The monoisotopic (exact) mass is 770 g/mol. The summed E-state index contributed by atoms with van der Waals surface area (Å²) in [6.45, 7) is 8.38. The molecule has 0 unspecified atom stereocenters. The second-order valence-electron chi connectivity index (χ2n) is 14.2. The first kappa shape index (κ1) is 34.2. The van der Waals surface area contributed by atoms with Crippen molar-refractivity contribution in [1.29, 1.82) is 0 Å². The molecule has 2 heterocycles. The smallest absolute Gasteiger partial charge is 0.390 e. The fourth-order valence-electron chi connectivity index (χ4n) is 7.75. The lowest BCUT2D eigenvalue weighted by molar-refractivity contribution is 0.494. The highest BCUT2D eigenvalue weighted by Crippen LogP contribution is 2.48. The molecule has 10 rings (SSSR count). The summed E-state index contributed by atoms with van der Waals surface area (Å²) < 4.78 is 40.5. The van der Waals surface area contributed by atoms with E-state index in [-0.39, 0.29) is 0 Å². The molecule has 0 bridgehead atoms. The third-order valence-corrected chi connectivity index (χ3v) is 12.5. The van der Waals surface area contributed by atoms with Gasteiger partial charge in [0.05, 0.1) is 0 Å². The summed E-state index contributed by atoms with van der Waals surface area (Å²) in [5.41, 5.74) is 8.91. The molecule has 274 valence electrons. The zero-order valence-corrected chi connectivity index (χ0v) is 33.0. The molecule has 0 aliphatic carbocycles. The maximum atomic E-state index is 6.93. The van der Waals surface area contributed by atoms with Crippen molar-refractivity contribution in [2.24, 2.45) is 0 Å². The average Bonchev–Trinajstić information content (AvgIpc) is 3.47. The zero-order chi connectivity index (χ0) is 37.9. The molecule has 0 spiro atoms. The van der Waals surface area contributed by atoms with Crippen molar-refractivity contribution in [1.82, 2.24) is 0 Å². The number of rotatable bonds is 5. The highest BCUT2D eigenvalue weighted by atomic mass is 31.1. The summed E-state index contributed by atoms with van der Waals surface area (Å²) in [7, 11) is -3.90. The number of hydrogen-bond donors (Lipinski definition) is 0. The molecule has 6 nitrogen and oxygen atoms in total. The summed E-state index contributed by atoms with van der Waals surface area (Å²) >= 11 is 0. The quantitative estimate of drug-likeness (QED) is 0.174. The van der Waals surface area contributed by atoms with E-state index in [0.29, 0.717) is 11.5 Å². The van der Waals surface area contributed by atoms with Gasteiger partial charge in [0.25, 0.3) is 0 Å². The first-order chi connectivity index (χ1) is 27.4. The lowest BCUT2D eigenvalue weighted by Crippen LogP contribution is -1.91. The van der Waals surface area contributed by atoms with Crippen molar-refractivity contribution < 1.29 is 25.8 Å². The van der Waals surface area contributed by atoms with Crippen LogP contribution in [0.25, 0.3) is 76.5 Å². The minimum absolute atomic E-state index is 0.595. The third-order valence-electron chi connectivity index (χ3n) is 10.5. The second-order valence-corrected chi connectivity index (χ2v) is 16.2. The predicted molar refractivity (Wildman–Crippen MR) is 231 cm³/mol. The minimum Gasteiger partial charge on any atom is -0.390 e. The maximum absolute atomic E-state index is 6.93. The van der Waals surface area contributed by atoms with Crippen LogP contribution in [0.3, 0.4) is 0 Å². The molecule has 10 aromatic rings. The van der Waals surface area contributed by atoms with Gasteiger partial charge in [-0.3, -0.25) is 0 Å². The molecular formula is C48H36O6P2. The van der Waals surface area contributed by atoms with Gasteiger partial charge in [0, 0.05) is 32.7 Å². The van der Waals surface area contributed by atoms with E-state index in [1.165, 1.54) is 0 Å². The summed E-state index contributed by atoms with van der Waals surface area (Å²) in [6.07, 6.45) is 0. The first-order valence-electron chi connectivity index (χ1n) is 18.5. The summed E-state index contributed by atoms with van der Waals surface area (Å²) in [5.74, 6) is 1.19. The Morgan fingerprint density at radius 1 is 0.339 bits per heavy atom. The van der Waals surface area contributed by atoms with E-state index in [0.717, 1.165) is 98.8 Å². The Labute approximate surface area is 324 Å². The van der Waals surface area contributed by atoms with Crippen LogP contribution in [0.1, 0.15) is 22.3 Å².